The lowest BCUT2D eigenvalue weighted by molar-refractivity contribution is 0.315. The highest BCUT2D eigenvalue weighted by Crippen LogP contribution is 2.26. The lowest BCUT2D eigenvalue weighted by atomic mass is 10.1. The van der Waals surface area contributed by atoms with Gasteiger partial charge in [-0.3, -0.25) is 0 Å². The summed E-state index contributed by atoms with van der Waals surface area (Å²) in [6.07, 6.45) is 1.09. The molecular formula is C12H15NOS. The number of thiocarbonyl (C=S) groups is 1. The lowest BCUT2D eigenvalue weighted by Crippen LogP contribution is -2.37. The van der Waals surface area contributed by atoms with E-state index in [9.17, 15) is 0 Å². The third-order valence-corrected chi connectivity index (χ3v) is 2.87. The molecule has 0 aliphatic carbocycles. The van der Waals surface area contributed by atoms with E-state index in [4.69, 9.17) is 17.0 Å². The molecule has 0 radical (unpaired) electrons. The van der Waals surface area contributed by atoms with Gasteiger partial charge in [0.05, 0.1) is 6.54 Å². The van der Waals surface area contributed by atoms with Crippen LogP contribution in [0, 0.1) is 6.92 Å². The van der Waals surface area contributed by atoms with Gasteiger partial charge in [0.15, 0.2) is 0 Å². The first-order valence-electron chi connectivity index (χ1n) is 5.27. The Bertz CT molecular complexity index is 389. The van der Waals surface area contributed by atoms with Crippen LogP contribution in [0.1, 0.15) is 24.5 Å². The van der Waals surface area contributed by atoms with Crippen molar-refractivity contribution in [3.05, 3.63) is 29.3 Å². The molecule has 3 heteroatoms. The number of ether oxygens (including phenoxy) is 1. The Morgan fingerprint density at radius 1 is 1.47 bits per heavy atom. The first-order valence-corrected chi connectivity index (χ1v) is 5.68. The number of hydrogen-bond donors (Lipinski definition) is 0. The summed E-state index contributed by atoms with van der Waals surface area (Å²) in [5, 5.41) is 0.605. The molecule has 80 valence electrons. The molecule has 1 aromatic rings. The average molecular weight is 221 g/mol. The summed E-state index contributed by atoms with van der Waals surface area (Å²) in [4.78, 5) is 2.11. The number of hydrogen-bond acceptors (Lipinski definition) is 2. The average Bonchev–Trinajstić information content (AvgIpc) is 2.20. The Morgan fingerprint density at radius 3 is 3.00 bits per heavy atom. The molecule has 2 nitrogen and oxygen atoms in total. The molecule has 0 saturated heterocycles. The van der Waals surface area contributed by atoms with Gasteiger partial charge in [-0.2, -0.15) is 0 Å². The molecule has 0 atom stereocenters. The predicted molar refractivity (Wildman–Crippen MR) is 65.1 cm³/mol. The van der Waals surface area contributed by atoms with E-state index in [-0.39, 0.29) is 0 Å². The van der Waals surface area contributed by atoms with Crippen molar-refractivity contribution in [2.75, 3.05) is 6.54 Å². The van der Waals surface area contributed by atoms with Crippen molar-refractivity contribution in [3.8, 4) is 5.75 Å². The normalized spacial score (nSPS) is 14.8. The third kappa shape index (κ3) is 2.12. The van der Waals surface area contributed by atoms with Crippen LogP contribution in [0.15, 0.2) is 18.2 Å². The molecule has 0 aromatic heterocycles. The zero-order valence-corrected chi connectivity index (χ0v) is 9.93. The maximum Gasteiger partial charge on any atom is 0.265 e. The molecular weight excluding hydrogens is 206 g/mol. The minimum absolute atomic E-state index is 0.605. The fourth-order valence-electron chi connectivity index (χ4n) is 1.80. The predicted octanol–water partition coefficient (Wildman–Crippen LogP) is 2.88. The molecule has 1 heterocycles. The first kappa shape index (κ1) is 10.4. The molecule has 2 rings (SSSR count). The molecule has 0 bridgehead atoms. The second-order valence-corrected chi connectivity index (χ2v) is 4.25. The largest absolute Gasteiger partial charge is 0.431 e. The smallest absolute Gasteiger partial charge is 0.265 e. The maximum atomic E-state index is 5.61. The Morgan fingerprint density at radius 2 is 2.27 bits per heavy atom. The monoisotopic (exact) mass is 221 g/mol. The van der Waals surface area contributed by atoms with Gasteiger partial charge in [0.1, 0.15) is 5.75 Å². The van der Waals surface area contributed by atoms with Gasteiger partial charge in [-0.25, -0.2) is 0 Å². The number of nitrogens with zero attached hydrogens (tertiary/aromatic N) is 1. The SMILES string of the molecule is CCCN1Cc2cc(C)ccc2OC1=S. The summed E-state index contributed by atoms with van der Waals surface area (Å²) >= 11 is 5.21. The highest BCUT2D eigenvalue weighted by atomic mass is 32.1. The highest BCUT2D eigenvalue weighted by molar-refractivity contribution is 7.80. The maximum absolute atomic E-state index is 5.61. The van der Waals surface area contributed by atoms with Crippen molar-refractivity contribution >= 4 is 17.4 Å². The molecule has 0 unspecified atom stereocenters. The lowest BCUT2D eigenvalue weighted by Gasteiger charge is -2.30. The van der Waals surface area contributed by atoms with E-state index in [1.54, 1.807) is 0 Å². The summed E-state index contributed by atoms with van der Waals surface area (Å²) < 4.78 is 5.61. The van der Waals surface area contributed by atoms with Gasteiger partial charge in [-0.05, 0) is 31.6 Å². The topological polar surface area (TPSA) is 12.5 Å². The highest BCUT2D eigenvalue weighted by Gasteiger charge is 2.20. The van der Waals surface area contributed by atoms with Crippen LogP contribution in [0.4, 0.5) is 0 Å². The van der Waals surface area contributed by atoms with Crippen LogP contribution in [0.25, 0.3) is 0 Å². The second kappa shape index (κ2) is 4.19. The minimum atomic E-state index is 0.605. The van der Waals surface area contributed by atoms with Crippen molar-refractivity contribution in [2.24, 2.45) is 0 Å². The Balaban J connectivity index is 2.26. The van der Waals surface area contributed by atoms with E-state index in [0.29, 0.717) is 5.17 Å². The van der Waals surface area contributed by atoms with E-state index >= 15 is 0 Å². The Hall–Kier alpha value is -1.09. The molecule has 0 fully saturated rings. The van der Waals surface area contributed by atoms with Crippen molar-refractivity contribution < 1.29 is 4.74 Å². The van der Waals surface area contributed by atoms with Crippen LogP contribution >= 0.6 is 12.2 Å². The molecule has 0 amide bonds. The molecule has 1 aromatic carbocycles. The fourth-order valence-corrected chi connectivity index (χ4v) is 2.05. The zero-order chi connectivity index (χ0) is 10.8. The van der Waals surface area contributed by atoms with E-state index < -0.39 is 0 Å². The summed E-state index contributed by atoms with van der Waals surface area (Å²) in [6, 6.07) is 6.22. The fraction of sp³-hybridized carbons (Fsp3) is 0.417. The molecule has 1 aliphatic rings. The van der Waals surface area contributed by atoms with Gasteiger partial charge in [0.2, 0.25) is 0 Å². The number of fused-ring (bicyclic) bond motifs is 1. The van der Waals surface area contributed by atoms with E-state index in [0.717, 1.165) is 25.3 Å². The van der Waals surface area contributed by atoms with Crippen LogP contribution in [0.2, 0.25) is 0 Å². The number of aryl methyl sites for hydroxylation is 1. The molecule has 0 saturated carbocycles. The minimum Gasteiger partial charge on any atom is -0.431 e. The van der Waals surface area contributed by atoms with E-state index in [2.05, 4.69) is 30.9 Å². The van der Waals surface area contributed by atoms with Crippen molar-refractivity contribution in [1.82, 2.24) is 4.90 Å². The van der Waals surface area contributed by atoms with Crippen molar-refractivity contribution in [2.45, 2.75) is 26.8 Å². The van der Waals surface area contributed by atoms with E-state index in [1.165, 1.54) is 11.1 Å². The Kier molecular flexibility index (Phi) is 2.91. The van der Waals surface area contributed by atoms with Crippen molar-refractivity contribution in [1.29, 1.82) is 0 Å². The quantitative estimate of drug-likeness (QED) is 0.712. The second-order valence-electron chi connectivity index (χ2n) is 3.90. The summed E-state index contributed by atoms with van der Waals surface area (Å²) in [5.41, 5.74) is 2.50. The van der Waals surface area contributed by atoms with Gasteiger partial charge in [-0.1, -0.05) is 24.6 Å². The summed E-state index contributed by atoms with van der Waals surface area (Å²) in [5.74, 6) is 0.915. The third-order valence-electron chi connectivity index (χ3n) is 2.53. The van der Waals surface area contributed by atoms with Crippen LogP contribution in [-0.2, 0) is 6.54 Å². The van der Waals surface area contributed by atoms with Crippen LogP contribution in [-0.4, -0.2) is 16.6 Å². The first-order chi connectivity index (χ1) is 7.20. The summed E-state index contributed by atoms with van der Waals surface area (Å²) in [6.45, 7) is 6.08. The van der Waals surface area contributed by atoms with Gasteiger partial charge >= 0.3 is 0 Å². The number of rotatable bonds is 2. The molecule has 1 aliphatic heterocycles. The van der Waals surface area contributed by atoms with Crippen LogP contribution in [0.5, 0.6) is 5.75 Å². The van der Waals surface area contributed by atoms with Gasteiger partial charge in [0.25, 0.3) is 5.17 Å². The van der Waals surface area contributed by atoms with E-state index in [1.807, 2.05) is 6.07 Å². The van der Waals surface area contributed by atoms with Crippen LogP contribution < -0.4 is 4.74 Å². The van der Waals surface area contributed by atoms with Gasteiger partial charge < -0.3 is 9.64 Å². The molecule has 0 N–H and O–H groups in total. The standard InChI is InChI=1S/C12H15NOS/c1-3-6-13-8-10-7-9(2)4-5-11(10)14-12(13)15/h4-5,7H,3,6,8H2,1-2H3. The zero-order valence-electron chi connectivity index (χ0n) is 9.12. The molecule has 0 spiro atoms. The summed E-state index contributed by atoms with van der Waals surface area (Å²) in [7, 11) is 0. The van der Waals surface area contributed by atoms with Crippen molar-refractivity contribution in [3.63, 3.8) is 0 Å². The number of benzene rings is 1. The van der Waals surface area contributed by atoms with Gasteiger partial charge in [0, 0.05) is 12.1 Å². The van der Waals surface area contributed by atoms with Gasteiger partial charge in [-0.15, -0.1) is 0 Å². The van der Waals surface area contributed by atoms with Crippen LogP contribution in [0.3, 0.4) is 0 Å². The Labute approximate surface area is 95.8 Å². The molecule has 15 heavy (non-hydrogen) atoms.